The van der Waals surface area contributed by atoms with Crippen molar-refractivity contribution in [2.45, 2.75) is 130 Å². The number of aromatic nitrogens is 1. The molecule has 5 nitrogen and oxygen atoms in total. The molecule has 4 aliphatic carbocycles. The van der Waals surface area contributed by atoms with Gasteiger partial charge in [-0.2, -0.15) is 0 Å². The predicted octanol–water partition coefficient (Wildman–Crippen LogP) is 8.37. The number of carbonyl (C=O) groups is 1. The van der Waals surface area contributed by atoms with Crippen LogP contribution in [0.2, 0.25) is 0 Å². The predicted molar refractivity (Wildman–Crippen MR) is 179 cm³/mol. The highest BCUT2D eigenvalue weighted by Gasteiger charge is 2.65. The van der Waals surface area contributed by atoms with Gasteiger partial charge < -0.3 is 20.1 Å². The fourth-order valence-corrected chi connectivity index (χ4v) is 10.9. The molecule has 2 aromatic rings. The van der Waals surface area contributed by atoms with Gasteiger partial charge in [0.25, 0.3) is 0 Å². The molecule has 0 amide bonds. The van der Waals surface area contributed by atoms with Crippen LogP contribution < -0.4 is 5.32 Å². The zero-order valence-corrected chi connectivity index (χ0v) is 28.3. The Labute approximate surface area is 266 Å². The Bertz CT molecular complexity index is 1360. The van der Waals surface area contributed by atoms with Gasteiger partial charge in [-0.25, -0.2) is 0 Å². The van der Waals surface area contributed by atoms with Crippen molar-refractivity contribution in [1.82, 2.24) is 10.3 Å². The maximum atomic E-state index is 12.8. The van der Waals surface area contributed by atoms with E-state index >= 15 is 0 Å². The molecule has 1 heterocycles. The lowest BCUT2D eigenvalue weighted by Crippen LogP contribution is -2.68. The number of aromatic amines is 1. The van der Waals surface area contributed by atoms with E-state index in [1.165, 1.54) is 61.9 Å². The van der Waals surface area contributed by atoms with Crippen LogP contribution in [0, 0.1) is 40.4 Å². The molecule has 3 saturated carbocycles. The fraction of sp³-hybridized carbons (Fsp3) is 0.718. The average molecular weight is 603 g/mol. The van der Waals surface area contributed by atoms with E-state index in [9.17, 15) is 9.90 Å². The topological polar surface area (TPSA) is 74.3 Å². The number of hydrogen-bond acceptors (Lipinski definition) is 4. The second-order valence-electron chi connectivity index (χ2n) is 16.2. The summed E-state index contributed by atoms with van der Waals surface area (Å²) >= 11 is 0. The van der Waals surface area contributed by atoms with E-state index in [2.05, 4.69) is 81.5 Å². The Balaban J connectivity index is 1.28. The number of hydrogen-bond donors (Lipinski definition) is 3. The molecule has 0 radical (unpaired) electrons. The van der Waals surface area contributed by atoms with Crippen molar-refractivity contribution in [3.8, 4) is 0 Å². The van der Waals surface area contributed by atoms with Crippen molar-refractivity contribution in [2.75, 3.05) is 6.54 Å². The molecule has 0 aliphatic heterocycles. The summed E-state index contributed by atoms with van der Waals surface area (Å²) in [6.07, 6.45) is 16.6. The van der Waals surface area contributed by atoms with Gasteiger partial charge >= 0.3 is 5.97 Å². The molecule has 1 aromatic heterocycles. The molecule has 0 saturated heterocycles. The summed E-state index contributed by atoms with van der Waals surface area (Å²) in [4.78, 5) is 15.4. The lowest BCUT2D eigenvalue weighted by molar-refractivity contribution is -0.192. The minimum absolute atomic E-state index is 0.160. The molecule has 3 fully saturated rings. The van der Waals surface area contributed by atoms with Crippen molar-refractivity contribution in [2.24, 2.45) is 40.4 Å². The number of H-pyrrole nitrogens is 1. The first kappa shape index (κ1) is 31.9. The molecule has 4 aliphatic rings. The van der Waals surface area contributed by atoms with Gasteiger partial charge in [0, 0.05) is 35.9 Å². The molecule has 5 heteroatoms. The molecule has 44 heavy (non-hydrogen) atoms. The SMILES string of the molecule is CC(=O)OC1CC[C@]2(C)[C@H]3CC[C@]4(C)[C@@H]([C@H](C)CCCC(C)C)CC[C@H]4C3=CC(NCCc3c[nH]c4ccccc34)C2(O)C1. The molecule has 1 aromatic carbocycles. The summed E-state index contributed by atoms with van der Waals surface area (Å²) in [6, 6.07) is 8.33. The van der Waals surface area contributed by atoms with E-state index in [4.69, 9.17) is 4.74 Å². The van der Waals surface area contributed by atoms with E-state index in [0.29, 0.717) is 23.7 Å². The minimum Gasteiger partial charge on any atom is -0.462 e. The molecule has 3 unspecified atom stereocenters. The third kappa shape index (κ3) is 5.48. The Hall–Kier alpha value is -2.11. The van der Waals surface area contributed by atoms with Crippen molar-refractivity contribution in [3.05, 3.63) is 47.7 Å². The zero-order chi connectivity index (χ0) is 31.3. The van der Waals surface area contributed by atoms with Gasteiger partial charge in [-0.1, -0.05) is 83.7 Å². The maximum Gasteiger partial charge on any atom is 0.302 e. The smallest absolute Gasteiger partial charge is 0.302 e. The number of benzene rings is 1. The van der Waals surface area contributed by atoms with Gasteiger partial charge in [-0.15, -0.1) is 0 Å². The molecular formula is C39H58N2O3. The van der Waals surface area contributed by atoms with E-state index in [0.717, 1.165) is 50.0 Å². The van der Waals surface area contributed by atoms with Crippen LogP contribution in [0.4, 0.5) is 0 Å². The number of rotatable bonds is 10. The van der Waals surface area contributed by atoms with Gasteiger partial charge in [0.2, 0.25) is 0 Å². The van der Waals surface area contributed by atoms with Gasteiger partial charge in [0.1, 0.15) is 6.10 Å². The van der Waals surface area contributed by atoms with E-state index < -0.39 is 5.60 Å². The van der Waals surface area contributed by atoms with Crippen molar-refractivity contribution in [3.63, 3.8) is 0 Å². The minimum atomic E-state index is -0.963. The van der Waals surface area contributed by atoms with Crippen LogP contribution in [0.3, 0.4) is 0 Å². The van der Waals surface area contributed by atoms with Crippen LogP contribution >= 0.6 is 0 Å². The molecule has 242 valence electrons. The highest BCUT2D eigenvalue weighted by atomic mass is 16.5. The summed E-state index contributed by atoms with van der Waals surface area (Å²) in [6.45, 7) is 14.5. The standard InChI is InChI=1S/C39H58N2O3/c1-25(2)10-9-11-26(3)32-14-15-33-31-22-36(40-21-18-28-24-41-35-13-8-7-12-30(28)35)39(43)23-29(44-27(4)42)16-20-38(39,6)34(31)17-19-37(32,33)5/h7-8,12-13,22,24-26,29,32-34,36,40-41,43H,9-11,14-21,23H2,1-6H3/t26-,29?,32-,33+,34+,36?,37-,38-,39?/m1/s1. The number of aliphatic hydroxyl groups is 1. The highest BCUT2D eigenvalue weighted by molar-refractivity contribution is 5.83. The van der Waals surface area contributed by atoms with Crippen molar-refractivity contribution >= 4 is 16.9 Å². The van der Waals surface area contributed by atoms with Crippen molar-refractivity contribution < 1.29 is 14.6 Å². The molecule has 0 bridgehead atoms. The fourth-order valence-electron chi connectivity index (χ4n) is 10.9. The van der Waals surface area contributed by atoms with Crippen LogP contribution in [-0.2, 0) is 16.0 Å². The quantitative estimate of drug-likeness (QED) is 0.189. The van der Waals surface area contributed by atoms with E-state index in [1.807, 2.05) is 0 Å². The number of carbonyl (C=O) groups excluding carboxylic acids is 1. The van der Waals surface area contributed by atoms with Crippen LogP contribution in [0.5, 0.6) is 0 Å². The number of ether oxygens (including phenoxy) is 1. The van der Waals surface area contributed by atoms with Gasteiger partial charge in [-0.3, -0.25) is 4.79 Å². The van der Waals surface area contributed by atoms with Gasteiger partial charge in [-0.05, 0) is 98.1 Å². The monoisotopic (exact) mass is 602 g/mol. The Morgan fingerprint density at radius 2 is 1.86 bits per heavy atom. The molecule has 3 N–H and O–H groups in total. The van der Waals surface area contributed by atoms with E-state index in [1.54, 1.807) is 5.57 Å². The number of fused-ring (bicyclic) bond motifs is 6. The summed E-state index contributed by atoms with van der Waals surface area (Å²) < 4.78 is 5.77. The van der Waals surface area contributed by atoms with Crippen LogP contribution in [0.15, 0.2) is 42.1 Å². The molecule has 0 spiro atoms. The third-order valence-corrected chi connectivity index (χ3v) is 13.2. The first-order valence-electron chi connectivity index (χ1n) is 17.9. The van der Waals surface area contributed by atoms with Gasteiger partial charge in [0.15, 0.2) is 0 Å². The van der Waals surface area contributed by atoms with Crippen LogP contribution in [0.25, 0.3) is 10.9 Å². The van der Waals surface area contributed by atoms with Crippen LogP contribution in [0.1, 0.15) is 111 Å². The number of allylic oxidation sites excluding steroid dienone is 1. The number of nitrogens with one attached hydrogen (secondary N) is 2. The Kier molecular flexibility index (Phi) is 8.87. The Morgan fingerprint density at radius 1 is 1.07 bits per heavy atom. The second kappa shape index (κ2) is 12.2. The first-order chi connectivity index (χ1) is 21.0. The third-order valence-electron chi connectivity index (χ3n) is 13.2. The largest absolute Gasteiger partial charge is 0.462 e. The average Bonchev–Trinajstić information content (AvgIpc) is 3.54. The number of esters is 1. The molecule has 9 atom stereocenters. The van der Waals surface area contributed by atoms with E-state index in [-0.39, 0.29) is 23.5 Å². The summed E-state index contributed by atoms with van der Waals surface area (Å²) in [5.74, 6) is 3.08. The second-order valence-corrected chi connectivity index (χ2v) is 16.2. The first-order valence-corrected chi connectivity index (χ1v) is 17.9. The zero-order valence-electron chi connectivity index (χ0n) is 28.3. The maximum absolute atomic E-state index is 12.8. The summed E-state index contributed by atoms with van der Waals surface area (Å²) in [7, 11) is 0. The van der Waals surface area contributed by atoms with Gasteiger partial charge in [0.05, 0.1) is 11.6 Å². The summed E-state index contributed by atoms with van der Waals surface area (Å²) in [5.41, 5.74) is 3.25. The lowest BCUT2D eigenvalue weighted by atomic mass is 9.45. The molecular weight excluding hydrogens is 544 g/mol. The lowest BCUT2D eigenvalue weighted by Gasteiger charge is -2.63. The Morgan fingerprint density at radius 3 is 2.64 bits per heavy atom. The van der Waals surface area contributed by atoms with Crippen LogP contribution in [-0.4, -0.2) is 40.4 Å². The number of para-hydroxylation sites is 1. The summed E-state index contributed by atoms with van der Waals surface area (Å²) in [5, 5.41) is 18.0. The highest BCUT2D eigenvalue weighted by Crippen LogP contribution is 2.67. The normalized spacial score (nSPS) is 37.3. The molecule has 6 rings (SSSR count). The van der Waals surface area contributed by atoms with Crippen molar-refractivity contribution in [1.29, 1.82) is 0 Å².